The van der Waals surface area contributed by atoms with Gasteiger partial charge in [0.05, 0.1) is 22.4 Å². The maximum atomic E-state index is 8.46. The van der Waals surface area contributed by atoms with Crippen LogP contribution >= 0.6 is 23.2 Å². The van der Waals surface area contributed by atoms with Crippen LogP contribution in [0.1, 0.15) is 53.9 Å². The van der Waals surface area contributed by atoms with E-state index in [0.29, 0.717) is 16.6 Å². The third-order valence-corrected chi connectivity index (χ3v) is 4.19. The zero-order valence-electron chi connectivity index (χ0n) is 17.1. The van der Waals surface area contributed by atoms with E-state index in [9.17, 15) is 0 Å². The van der Waals surface area contributed by atoms with Crippen LogP contribution in [0.15, 0.2) is 34.5 Å². The van der Waals surface area contributed by atoms with Gasteiger partial charge >= 0.3 is 0 Å². The quantitative estimate of drug-likeness (QED) is 0.320. The lowest BCUT2D eigenvalue weighted by Crippen LogP contribution is -2.27. The van der Waals surface area contributed by atoms with E-state index in [4.69, 9.17) is 33.4 Å². The zero-order valence-corrected chi connectivity index (χ0v) is 18.6. The Morgan fingerprint density at radius 3 is 2.19 bits per heavy atom. The summed E-state index contributed by atoms with van der Waals surface area (Å²) in [5.41, 5.74) is 0.909. The molecule has 0 aromatic heterocycles. The standard InChI is InChI=1S/C16H27Cl2N.C4H11NO2/c1-6-11-19(12-9-10-13(4)5)16(14(17)7-2)15(18)8-3;1-4(7)5-2-3-6/h7-8,13H,2,6,9-12H2,1,3-5H3;4-7H,2-3H2,1H3/b15-8+,16-14-;. The average molecular weight is 409 g/mol. The molecule has 26 heavy (non-hydrogen) atoms. The van der Waals surface area contributed by atoms with Crippen molar-refractivity contribution in [2.45, 2.75) is 60.1 Å². The molecular formula is C20H38Cl2N2O2. The van der Waals surface area contributed by atoms with E-state index in [1.807, 2.05) is 13.0 Å². The lowest BCUT2D eigenvalue weighted by atomic mass is 10.1. The van der Waals surface area contributed by atoms with E-state index >= 15 is 0 Å². The largest absolute Gasteiger partial charge is 0.395 e. The van der Waals surface area contributed by atoms with Crippen LogP contribution in [0.3, 0.4) is 0 Å². The number of nitrogens with zero attached hydrogens (tertiary/aromatic N) is 1. The summed E-state index contributed by atoms with van der Waals surface area (Å²) >= 11 is 12.6. The molecule has 0 bridgehead atoms. The lowest BCUT2D eigenvalue weighted by molar-refractivity contribution is 0.145. The molecule has 0 fully saturated rings. The van der Waals surface area contributed by atoms with E-state index in [1.54, 1.807) is 13.0 Å². The predicted molar refractivity (Wildman–Crippen MR) is 115 cm³/mol. The molecule has 6 heteroatoms. The minimum atomic E-state index is -0.507. The minimum Gasteiger partial charge on any atom is -0.395 e. The molecule has 0 aliphatic heterocycles. The van der Waals surface area contributed by atoms with Gasteiger partial charge in [-0.3, -0.25) is 5.32 Å². The highest BCUT2D eigenvalue weighted by molar-refractivity contribution is 6.36. The number of nitrogens with one attached hydrogen (secondary N) is 1. The van der Waals surface area contributed by atoms with Crippen LogP contribution in [-0.2, 0) is 0 Å². The smallest absolute Gasteiger partial charge is 0.102 e. The summed E-state index contributed by atoms with van der Waals surface area (Å²) in [6, 6.07) is 0. The van der Waals surface area contributed by atoms with E-state index in [1.165, 1.54) is 6.42 Å². The van der Waals surface area contributed by atoms with Crippen LogP contribution in [0.5, 0.6) is 0 Å². The molecule has 0 radical (unpaired) electrons. The van der Waals surface area contributed by atoms with Crippen LogP contribution in [0.25, 0.3) is 0 Å². The number of aliphatic hydroxyl groups excluding tert-OH is 2. The summed E-state index contributed by atoms with van der Waals surface area (Å²) in [5.74, 6) is 0.725. The Balaban J connectivity index is 0. The molecule has 1 unspecified atom stereocenters. The minimum absolute atomic E-state index is 0.0743. The first-order valence-corrected chi connectivity index (χ1v) is 10.1. The molecular weight excluding hydrogens is 371 g/mol. The average Bonchev–Trinajstić information content (AvgIpc) is 2.59. The molecule has 0 amide bonds. The van der Waals surface area contributed by atoms with E-state index in [-0.39, 0.29) is 6.61 Å². The van der Waals surface area contributed by atoms with Crippen molar-refractivity contribution in [2.75, 3.05) is 26.2 Å². The molecule has 0 saturated heterocycles. The molecule has 0 heterocycles. The van der Waals surface area contributed by atoms with Crippen molar-refractivity contribution in [3.05, 3.63) is 34.5 Å². The second-order valence-corrected chi connectivity index (χ2v) is 7.23. The normalized spacial score (nSPS) is 13.7. The highest BCUT2D eigenvalue weighted by Crippen LogP contribution is 2.26. The number of allylic oxidation sites excluding steroid dienone is 4. The zero-order chi connectivity index (χ0) is 20.5. The van der Waals surface area contributed by atoms with Gasteiger partial charge in [0.15, 0.2) is 0 Å². The van der Waals surface area contributed by atoms with Crippen LogP contribution in [0, 0.1) is 5.92 Å². The van der Waals surface area contributed by atoms with Gasteiger partial charge in [-0.25, -0.2) is 0 Å². The van der Waals surface area contributed by atoms with Gasteiger partial charge in [-0.2, -0.15) is 0 Å². The Morgan fingerprint density at radius 1 is 1.23 bits per heavy atom. The topological polar surface area (TPSA) is 55.7 Å². The fourth-order valence-electron chi connectivity index (χ4n) is 2.22. The molecule has 0 rings (SSSR count). The second kappa shape index (κ2) is 17.9. The summed E-state index contributed by atoms with van der Waals surface area (Å²) in [5, 5.41) is 20.5. The summed E-state index contributed by atoms with van der Waals surface area (Å²) in [4.78, 5) is 2.27. The summed E-state index contributed by atoms with van der Waals surface area (Å²) in [6.45, 7) is 16.4. The van der Waals surface area contributed by atoms with E-state index in [0.717, 1.165) is 37.5 Å². The molecule has 0 spiro atoms. The second-order valence-electron chi connectivity index (χ2n) is 6.41. The SMILES string of the molecule is C=C/C(Cl)=C(\C(Cl)=C/C)N(CCC)CCCC(C)C.CC(O)NCCO. The molecule has 0 aliphatic carbocycles. The number of halogens is 2. The van der Waals surface area contributed by atoms with Gasteiger partial charge in [-0.15, -0.1) is 0 Å². The van der Waals surface area contributed by atoms with Crippen LogP contribution in [0.2, 0.25) is 0 Å². The van der Waals surface area contributed by atoms with Crippen molar-refractivity contribution >= 4 is 23.2 Å². The molecule has 4 nitrogen and oxygen atoms in total. The number of aliphatic hydroxyl groups is 2. The molecule has 0 aromatic rings. The lowest BCUT2D eigenvalue weighted by Gasteiger charge is -2.28. The van der Waals surface area contributed by atoms with Crippen molar-refractivity contribution in [3.63, 3.8) is 0 Å². The van der Waals surface area contributed by atoms with Crippen molar-refractivity contribution < 1.29 is 10.2 Å². The Labute approximate surface area is 170 Å². The molecule has 0 saturated carbocycles. The van der Waals surface area contributed by atoms with Gasteiger partial charge in [0.1, 0.15) is 6.23 Å². The third-order valence-electron chi connectivity index (χ3n) is 3.46. The third kappa shape index (κ3) is 14.6. The fourth-order valence-corrected chi connectivity index (χ4v) is 2.71. The van der Waals surface area contributed by atoms with Crippen LogP contribution in [0.4, 0.5) is 0 Å². The van der Waals surface area contributed by atoms with Gasteiger partial charge < -0.3 is 15.1 Å². The number of hydrogen-bond acceptors (Lipinski definition) is 4. The first-order valence-electron chi connectivity index (χ1n) is 9.36. The van der Waals surface area contributed by atoms with Gasteiger partial charge in [0.2, 0.25) is 0 Å². The first-order chi connectivity index (χ1) is 12.2. The Hall–Kier alpha value is -0.520. The van der Waals surface area contributed by atoms with Gasteiger partial charge in [-0.1, -0.05) is 56.6 Å². The van der Waals surface area contributed by atoms with Crippen molar-refractivity contribution in [1.82, 2.24) is 10.2 Å². The van der Waals surface area contributed by atoms with Crippen LogP contribution in [-0.4, -0.2) is 47.6 Å². The summed E-state index contributed by atoms with van der Waals surface area (Å²) < 4.78 is 0. The van der Waals surface area contributed by atoms with Crippen molar-refractivity contribution in [3.8, 4) is 0 Å². The molecule has 154 valence electrons. The van der Waals surface area contributed by atoms with Crippen molar-refractivity contribution in [1.29, 1.82) is 0 Å². The highest BCUT2D eigenvalue weighted by atomic mass is 35.5. The van der Waals surface area contributed by atoms with Gasteiger partial charge in [0, 0.05) is 19.6 Å². The predicted octanol–water partition coefficient (Wildman–Crippen LogP) is 4.82. The molecule has 3 N–H and O–H groups in total. The monoisotopic (exact) mass is 408 g/mol. The number of hydrogen-bond donors (Lipinski definition) is 3. The summed E-state index contributed by atoms with van der Waals surface area (Å²) in [6.07, 6.45) is 6.47. The molecule has 0 aromatic carbocycles. The Morgan fingerprint density at radius 2 is 1.85 bits per heavy atom. The van der Waals surface area contributed by atoms with Gasteiger partial charge in [0.25, 0.3) is 0 Å². The van der Waals surface area contributed by atoms with Crippen molar-refractivity contribution in [2.24, 2.45) is 5.92 Å². The van der Waals surface area contributed by atoms with Crippen LogP contribution < -0.4 is 5.32 Å². The maximum absolute atomic E-state index is 8.46. The Kier molecular flexibility index (Phi) is 19.0. The molecule has 0 aliphatic rings. The highest BCUT2D eigenvalue weighted by Gasteiger charge is 2.15. The van der Waals surface area contributed by atoms with E-state index < -0.39 is 6.23 Å². The maximum Gasteiger partial charge on any atom is 0.102 e. The first kappa shape index (κ1) is 27.7. The Bertz CT molecular complexity index is 422. The summed E-state index contributed by atoms with van der Waals surface area (Å²) in [7, 11) is 0. The van der Waals surface area contributed by atoms with Gasteiger partial charge in [-0.05, 0) is 45.1 Å². The number of rotatable bonds is 12. The molecule has 1 atom stereocenters. The van der Waals surface area contributed by atoms with E-state index in [2.05, 4.69) is 37.6 Å². The fraction of sp³-hybridized carbons (Fsp3) is 0.700.